The van der Waals surface area contributed by atoms with Crippen molar-refractivity contribution >= 4 is 5.97 Å². The van der Waals surface area contributed by atoms with E-state index in [1.54, 1.807) is 30.3 Å². The zero-order valence-corrected chi connectivity index (χ0v) is 18.1. The van der Waals surface area contributed by atoms with Gasteiger partial charge < -0.3 is 9.47 Å². The first-order valence-electron chi connectivity index (χ1n) is 10.7. The van der Waals surface area contributed by atoms with Gasteiger partial charge in [-0.25, -0.2) is 4.79 Å². The average molecular weight is 435 g/mol. The fourth-order valence-corrected chi connectivity index (χ4v) is 4.03. The van der Waals surface area contributed by atoms with Crippen molar-refractivity contribution in [1.82, 2.24) is 4.90 Å². The topological polar surface area (TPSA) is 38.8 Å². The maximum atomic E-state index is 14.1. The minimum Gasteiger partial charge on any atom is -0.492 e. The minimum absolute atomic E-state index is 0.135. The Hall–Kier alpha value is -2.54. The number of ether oxygens (including phenoxy) is 2. The molecule has 0 saturated heterocycles. The van der Waals surface area contributed by atoms with Crippen LogP contribution in [0.2, 0.25) is 0 Å². The van der Waals surface area contributed by atoms with Gasteiger partial charge in [-0.1, -0.05) is 38.5 Å². The number of halogens is 3. The molecule has 0 spiro atoms. The van der Waals surface area contributed by atoms with Gasteiger partial charge in [0, 0.05) is 18.7 Å². The lowest BCUT2D eigenvalue weighted by Gasteiger charge is -2.22. The van der Waals surface area contributed by atoms with Crippen molar-refractivity contribution in [3.63, 3.8) is 0 Å². The van der Waals surface area contributed by atoms with Gasteiger partial charge in [-0.2, -0.15) is 13.2 Å². The molecule has 0 bridgehead atoms. The second-order valence-corrected chi connectivity index (χ2v) is 7.77. The summed E-state index contributed by atoms with van der Waals surface area (Å²) in [6.45, 7) is 6.83. The van der Waals surface area contributed by atoms with Crippen LogP contribution in [0.3, 0.4) is 0 Å². The van der Waals surface area contributed by atoms with Crippen LogP contribution in [0.5, 0.6) is 11.5 Å². The lowest BCUT2D eigenvalue weighted by atomic mass is 9.91. The maximum Gasteiger partial charge on any atom is 0.417 e. The van der Waals surface area contributed by atoms with Gasteiger partial charge in [-0.15, -0.1) is 0 Å². The molecule has 0 N–H and O–H groups in total. The summed E-state index contributed by atoms with van der Waals surface area (Å²) in [5, 5.41) is 0. The van der Waals surface area contributed by atoms with Crippen molar-refractivity contribution in [2.45, 2.75) is 59.3 Å². The van der Waals surface area contributed by atoms with E-state index >= 15 is 0 Å². The quantitative estimate of drug-likeness (QED) is 0.284. The van der Waals surface area contributed by atoms with Gasteiger partial charge in [0.2, 0.25) is 0 Å². The molecular formula is C24H28F3NO3. The Labute approximate surface area is 181 Å². The number of carbonyl (C=O) groups excluding carboxylic acids is 1. The van der Waals surface area contributed by atoms with Crippen molar-refractivity contribution in [3.05, 3.63) is 58.1 Å². The Morgan fingerprint density at radius 1 is 1.06 bits per heavy atom. The summed E-state index contributed by atoms with van der Waals surface area (Å²) >= 11 is 0. The zero-order chi connectivity index (χ0) is 22.6. The van der Waals surface area contributed by atoms with Crippen molar-refractivity contribution in [2.24, 2.45) is 0 Å². The number of para-hydroxylation sites is 1. The Kier molecular flexibility index (Phi) is 7.26. The van der Waals surface area contributed by atoms with Crippen molar-refractivity contribution < 1.29 is 27.4 Å². The smallest absolute Gasteiger partial charge is 0.417 e. The van der Waals surface area contributed by atoms with Crippen LogP contribution in [0.15, 0.2) is 30.3 Å². The standard InChI is InChI=1S/C24H28F3NO3/c1-4-6-13-30-22-19-15-28(12-5-2)14-18(19)21(24(25,26)27)16(3)20(22)23(29)31-17-10-8-7-9-11-17/h7-11H,4-6,12-15H2,1-3H3. The highest BCUT2D eigenvalue weighted by atomic mass is 19.4. The Morgan fingerprint density at radius 2 is 1.74 bits per heavy atom. The zero-order valence-electron chi connectivity index (χ0n) is 18.1. The highest BCUT2D eigenvalue weighted by Crippen LogP contribution is 2.46. The normalized spacial score (nSPS) is 13.9. The van der Waals surface area contributed by atoms with Crippen LogP contribution in [0.4, 0.5) is 13.2 Å². The molecule has 1 aliphatic rings. The number of benzene rings is 2. The molecule has 3 rings (SSSR count). The second kappa shape index (κ2) is 9.73. The Morgan fingerprint density at radius 3 is 2.35 bits per heavy atom. The highest BCUT2D eigenvalue weighted by molar-refractivity contribution is 5.97. The van der Waals surface area contributed by atoms with Crippen LogP contribution in [0, 0.1) is 6.92 Å². The van der Waals surface area contributed by atoms with Gasteiger partial charge in [0.1, 0.15) is 17.1 Å². The van der Waals surface area contributed by atoms with E-state index in [0.717, 1.165) is 19.3 Å². The molecule has 0 atom stereocenters. The van der Waals surface area contributed by atoms with E-state index in [0.29, 0.717) is 25.3 Å². The van der Waals surface area contributed by atoms with Gasteiger partial charge in [0.25, 0.3) is 0 Å². The summed E-state index contributed by atoms with van der Waals surface area (Å²) in [6, 6.07) is 8.33. The van der Waals surface area contributed by atoms with Crippen LogP contribution in [0.25, 0.3) is 0 Å². The predicted octanol–water partition coefficient (Wildman–Crippen LogP) is 6.14. The molecule has 2 aromatic carbocycles. The third kappa shape index (κ3) is 5.03. The van der Waals surface area contributed by atoms with Crippen molar-refractivity contribution in [1.29, 1.82) is 0 Å². The molecule has 1 heterocycles. The first kappa shape index (κ1) is 23.1. The summed E-state index contributed by atoms with van der Waals surface area (Å²) in [6.07, 6.45) is -2.16. The number of carbonyl (C=O) groups is 1. The van der Waals surface area contributed by atoms with Crippen LogP contribution in [0.1, 0.15) is 65.7 Å². The fourth-order valence-electron chi connectivity index (χ4n) is 4.03. The van der Waals surface area contributed by atoms with Crippen LogP contribution >= 0.6 is 0 Å². The van der Waals surface area contributed by atoms with Gasteiger partial charge in [0.05, 0.1) is 12.2 Å². The van der Waals surface area contributed by atoms with Crippen molar-refractivity contribution in [3.8, 4) is 11.5 Å². The third-order valence-electron chi connectivity index (χ3n) is 5.41. The maximum absolute atomic E-state index is 14.1. The van der Waals surface area contributed by atoms with E-state index < -0.39 is 17.7 Å². The molecule has 4 nitrogen and oxygen atoms in total. The SMILES string of the molecule is CCCCOc1c2c(c(C(F)(F)F)c(C)c1C(=O)Oc1ccccc1)CN(CCC)C2. The second-order valence-electron chi connectivity index (χ2n) is 7.77. The number of fused-ring (bicyclic) bond motifs is 1. The van der Waals surface area contributed by atoms with Crippen LogP contribution in [-0.2, 0) is 19.3 Å². The molecule has 0 unspecified atom stereocenters. The summed E-state index contributed by atoms with van der Waals surface area (Å²) in [7, 11) is 0. The third-order valence-corrected chi connectivity index (χ3v) is 5.41. The van der Waals surface area contributed by atoms with E-state index in [2.05, 4.69) is 0 Å². The minimum atomic E-state index is -4.58. The molecule has 0 saturated carbocycles. The number of esters is 1. The predicted molar refractivity (Wildman–Crippen MR) is 112 cm³/mol. The average Bonchev–Trinajstić information content (AvgIpc) is 3.10. The summed E-state index contributed by atoms with van der Waals surface area (Å²) < 4.78 is 53.7. The summed E-state index contributed by atoms with van der Waals surface area (Å²) in [5.41, 5.74) is -0.367. The number of nitrogens with zero attached hydrogens (tertiary/aromatic N) is 1. The molecule has 0 amide bonds. The van der Waals surface area contributed by atoms with E-state index in [9.17, 15) is 18.0 Å². The lowest BCUT2D eigenvalue weighted by molar-refractivity contribution is -0.138. The molecule has 1 aliphatic heterocycles. The number of unbranched alkanes of at least 4 members (excludes halogenated alkanes) is 1. The summed E-state index contributed by atoms with van der Waals surface area (Å²) in [4.78, 5) is 15.0. The Balaban J connectivity index is 2.15. The number of hydrogen-bond donors (Lipinski definition) is 0. The van der Waals surface area contributed by atoms with E-state index in [4.69, 9.17) is 9.47 Å². The largest absolute Gasteiger partial charge is 0.492 e. The van der Waals surface area contributed by atoms with Gasteiger partial charge in [0.15, 0.2) is 0 Å². The molecule has 2 aromatic rings. The van der Waals surface area contributed by atoms with E-state index in [1.807, 2.05) is 18.7 Å². The molecule has 31 heavy (non-hydrogen) atoms. The van der Waals surface area contributed by atoms with Gasteiger partial charge in [-0.3, -0.25) is 4.90 Å². The van der Waals surface area contributed by atoms with Crippen molar-refractivity contribution in [2.75, 3.05) is 13.2 Å². The molecule has 168 valence electrons. The van der Waals surface area contributed by atoms with Gasteiger partial charge in [-0.05, 0) is 49.6 Å². The monoisotopic (exact) mass is 435 g/mol. The van der Waals surface area contributed by atoms with Crippen LogP contribution in [-0.4, -0.2) is 24.0 Å². The Bertz CT molecular complexity index is 926. The molecule has 0 aliphatic carbocycles. The van der Waals surface area contributed by atoms with Gasteiger partial charge >= 0.3 is 12.1 Å². The number of hydrogen-bond acceptors (Lipinski definition) is 4. The highest BCUT2D eigenvalue weighted by Gasteiger charge is 2.43. The van der Waals surface area contributed by atoms with Crippen LogP contribution < -0.4 is 9.47 Å². The number of alkyl halides is 3. The number of rotatable bonds is 8. The molecular weight excluding hydrogens is 407 g/mol. The first-order chi connectivity index (χ1) is 14.8. The fraction of sp³-hybridized carbons (Fsp3) is 0.458. The first-order valence-corrected chi connectivity index (χ1v) is 10.7. The van der Waals surface area contributed by atoms with E-state index in [1.165, 1.54) is 6.92 Å². The lowest BCUT2D eigenvalue weighted by Crippen LogP contribution is -2.20. The molecule has 0 aromatic heterocycles. The molecule has 0 fully saturated rings. The molecule has 7 heteroatoms. The molecule has 0 radical (unpaired) electrons. The summed E-state index contributed by atoms with van der Waals surface area (Å²) in [5.74, 6) is -0.334. The van der Waals surface area contributed by atoms with E-state index in [-0.39, 0.29) is 34.7 Å².